The van der Waals surface area contributed by atoms with E-state index in [1.54, 1.807) is 25.1 Å². The molecule has 3 aromatic rings. The van der Waals surface area contributed by atoms with Crippen LogP contribution in [-0.2, 0) is 16.0 Å². The number of fused-ring (bicyclic) bond motifs is 1. The van der Waals surface area contributed by atoms with Crippen LogP contribution in [0.25, 0.3) is 22.1 Å². The van der Waals surface area contributed by atoms with Crippen LogP contribution in [0, 0.1) is 0 Å². The van der Waals surface area contributed by atoms with Gasteiger partial charge in [0.05, 0.1) is 5.56 Å². The Kier molecular flexibility index (Phi) is 7.07. The van der Waals surface area contributed by atoms with E-state index in [1.807, 2.05) is 18.2 Å². The zero-order valence-corrected chi connectivity index (χ0v) is 17.4. The molecule has 5 nitrogen and oxygen atoms in total. The average molecular weight is 406 g/mol. The Morgan fingerprint density at radius 2 is 1.87 bits per heavy atom. The highest BCUT2D eigenvalue weighted by Crippen LogP contribution is 2.28. The van der Waals surface area contributed by atoms with E-state index in [4.69, 9.17) is 13.9 Å². The van der Waals surface area contributed by atoms with Gasteiger partial charge in [-0.2, -0.15) is 0 Å². The van der Waals surface area contributed by atoms with Crippen molar-refractivity contribution in [3.63, 3.8) is 0 Å². The summed E-state index contributed by atoms with van der Waals surface area (Å²) in [6, 6.07) is 15.1. The van der Waals surface area contributed by atoms with Crippen LogP contribution >= 0.6 is 0 Å². The summed E-state index contributed by atoms with van der Waals surface area (Å²) in [4.78, 5) is 24.1. The number of ether oxygens (including phenoxy) is 2. The first-order chi connectivity index (χ1) is 14.5. The molecule has 0 saturated heterocycles. The van der Waals surface area contributed by atoms with Gasteiger partial charge in [-0.1, -0.05) is 62.7 Å². The summed E-state index contributed by atoms with van der Waals surface area (Å²) < 4.78 is 16.0. The second-order valence-corrected chi connectivity index (χ2v) is 7.25. The average Bonchev–Trinajstić information content (AvgIpc) is 2.74. The van der Waals surface area contributed by atoms with E-state index in [2.05, 4.69) is 25.6 Å². The van der Waals surface area contributed by atoms with Gasteiger partial charge in [0, 0.05) is 11.0 Å². The van der Waals surface area contributed by atoms with Gasteiger partial charge in [-0.05, 0) is 43.0 Å². The van der Waals surface area contributed by atoms with Crippen LogP contribution < -0.4 is 10.4 Å². The van der Waals surface area contributed by atoms with Crippen molar-refractivity contribution in [3.05, 3.63) is 76.7 Å². The van der Waals surface area contributed by atoms with Crippen LogP contribution in [-0.4, -0.2) is 12.8 Å². The topological polar surface area (TPSA) is 65.7 Å². The molecule has 2 aromatic carbocycles. The Hall–Kier alpha value is -3.34. The number of carbonyl (C=O) groups is 1. The molecule has 30 heavy (non-hydrogen) atoms. The number of benzene rings is 2. The number of para-hydroxylation sites is 1. The van der Waals surface area contributed by atoms with Gasteiger partial charge in [-0.15, -0.1) is 0 Å². The summed E-state index contributed by atoms with van der Waals surface area (Å²) >= 11 is 0. The first kappa shape index (κ1) is 21.4. The lowest BCUT2D eigenvalue weighted by molar-refractivity contribution is -0.145. The maximum atomic E-state index is 12.6. The molecule has 0 aliphatic heterocycles. The fourth-order valence-corrected chi connectivity index (χ4v) is 3.13. The van der Waals surface area contributed by atoms with Gasteiger partial charge >= 0.3 is 11.6 Å². The van der Waals surface area contributed by atoms with Crippen LogP contribution in [0.3, 0.4) is 0 Å². The molecule has 156 valence electrons. The monoisotopic (exact) mass is 406 g/mol. The Balaban J connectivity index is 1.81. The molecule has 0 aliphatic carbocycles. The van der Waals surface area contributed by atoms with Crippen LogP contribution in [0.1, 0.15) is 38.7 Å². The highest BCUT2D eigenvalue weighted by atomic mass is 16.7. The number of unbranched alkanes of at least 4 members (excludes halogenated alkanes) is 2. The van der Waals surface area contributed by atoms with Gasteiger partial charge < -0.3 is 13.9 Å². The number of carbonyl (C=O) groups excluding carboxylic acids is 1. The third kappa shape index (κ3) is 5.17. The molecule has 5 heteroatoms. The Bertz CT molecular complexity index is 1090. The molecule has 0 fully saturated rings. The second-order valence-electron chi connectivity index (χ2n) is 7.25. The summed E-state index contributed by atoms with van der Waals surface area (Å²) in [5.41, 5.74) is 2.71. The van der Waals surface area contributed by atoms with Crippen LogP contribution in [0.15, 0.2) is 69.9 Å². The SMILES string of the molecule is C=C(C)C(=O)OCOc1cccc2cc(-c3ccc(CCCCC)cc3)c(=O)oc12. The number of aryl methyl sites for hydroxylation is 1. The van der Waals surface area contributed by atoms with Crippen molar-refractivity contribution in [1.29, 1.82) is 0 Å². The molecule has 0 amide bonds. The van der Waals surface area contributed by atoms with E-state index in [0.29, 0.717) is 16.9 Å². The second kappa shape index (κ2) is 9.92. The van der Waals surface area contributed by atoms with Crippen molar-refractivity contribution >= 4 is 16.9 Å². The first-order valence-electron chi connectivity index (χ1n) is 10.1. The maximum Gasteiger partial charge on any atom is 0.344 e. The summed E-state index contributed by atoms with van der Waals surface area (Å²) in [5, 5.41) is 0.723. The largest absolute Gasteiger partial charge is 0.453 e. The van der Waals surface area contributed by atoms with Gasteiger partial charge in [0.25, 0.3) is 0 Å². The Morgan fingerprint density at radius 3 is 2.57 bits per heavy atom. The van der Waals surface area contributed by atoms with Crippen LogP contribution in [0.4, 0.5) is 0 Å². The molecule has 1 heterocycles. The molecule has 0 N–H and O–H groups in total. The lowest BCUT2D eigenvalue weighted by Gasteiger charge is -2.10. The van der Waals surface area contributed by atoms with E-state index >= 15 is 0 Å². The molecule has 0 unspecified atom stereocenters. The van der Waals surface area contributed by atoms with Gasteiger partial charge in [-0.3, -0.25) is 0 Å². The van der Waals surface area contributed by atoms with Crippen LogP contribution in [0.2, 0.25) is 0 Å². The summed E-state index contributed by atoms with van der Waals surface area (Å²) in [6.45, 7) is 6.96. The maximum absolute atomic E-state index is 12.6. The smallest absolute Gasteiger partial charge is 0.344 e. The lowest BCUT2D eigenvalue weighted by atomic mass is 10.0. The van der Waals surface area contributed by atoms with Crippen molar-refractivity contribution < 1.29 is 18.7 Å². The van der Waals surface area contributed by atoms with Crippen molar-refractivity contribution in [2.45, 2.75) is 39.5 Å². The van der Waals surface area contributed by atoms with Crippen molar-refractivity contribution in [2.75, 3.05) is 6.79 Å². The standard InChI is InChI=1S/C25H26O5/c1-4-5-6-8-18-11-13-19(14-12-18)21-15-20-9-7-10-22(23(20)30-25(21)27)28-16-29-24(26)17(2)3/h7,9-15H,2,4-6,8,16H2,1,3H3. The predicted octanol–water partition coefficient (Wildman–Crippen LogP) is 5.65. The van der Waals surface area contributed by atoms with Crippen molar-refractivity contribution in [1.82, 2.24) is 0 Å². The zero-order chi connectivity index (χ0) is 21.5. The molecule has 0 aliphatic rings. The number of hydrogen-bond donors (Lipinski definition) is 0. The molecule has 1 aromatic heterocycles. The minimum atomic E-state index is -0.544. The van der Waals surface area contributed by atoms with Gasteiger partial charge in [0.1, 0.15) is 0 Å². The van der Waals surface area contributed by atoms with Crippen LogP contribution in [0.5, 0.6) is 5.75 Å². The van der Waals surface area contributed by atoms with Gasteiger partial charge in [0.2, 0.25) is 6.79 Å². The number of rotatable bonds is 9. The first-order valence-corrected chi connectivity index (χ1v) is 10.1. The van der Waals surface area contributed by atoms with E-state index < -0.39 is 11.6 Å². The Morgan fingerprint density at radius 1 is 1.10 bits per heavy atom. The molecule has 0 bridgehead atoms. The molecular weight excluding hydrogens is 380 g/mol. The minimum Gasteiger partial charge on any atom is -0.453 e. The zero-order valence-electron chi connectivity index (χ0n) is 17.4. The summed E-state index contributed by atoms with van der Waals surface area (Å²) in [5.74, 6) is -0.214. The molecule has 0 saturated carbocycles. The summed E-state index contributed by atoms with van der Waals surface area (Å²) in [7, 11) is 0. The van der Waals surface area contributed by atoms with Gasteiger partial charge in [0.15, 0.2) is 11.3 Å². The molecule has 0 radical (unpaired) electrons. The normalized spacial score (nSPS) is 10.7. The third-order valence-corrected chi connectivity index (χ3v) is 4.81. The fraction of sp³-hybridized carbons (Fsp3) is 0.280. The van der Waals surface area contributed by atoms with Gasteiger partial charge in [-0.25, -0.2) is 9.59 Å². The number of hydrogen-bond acceptors (Lipinski definition) is 5. The molecular formula is C25H26O5. The van der Waals surface area contributed by atoms with E-state index in [-0.39, 0.29) is 12.4 Å². The number of esters is 1. The van der Waals surface area contributed by atoms with Crippen molar-refractivity contribution in [2.24, 2.45) is 0 Å². The van der Waals surface area contributed by atoms with E-state index in [9.17, 15) is 9.59 Å². The quantitative estimate of drug-likeness (QED) is 0.151. The van der Waals surface area contributed by atoms with Crippen molar-refractivity contribution in [3.8, 4) is 16.9 Å². The lowest BCUT2D eigenvalue weighted by Crippen LogP contribution is -2.11. The molecule has 0 spiro atoms. The molecule has 3 rings (SSSR count). The highest BCUT2D eigenvalue weighted by Gasteiger charge is 2.12. The Labute approximate surface area is 175 Å². The minimum absolute atomic E-state index is 0.282. The third-order valence-electron chi connectivity index (χ3n) is 4.81. The highest BCUT2D eigenvalue weighted by molar-refractivity contribution is 5.87. The van der Waals surface area contributed by atoms with E-state index in [1.165, 1.54) is 24.8 Å². The molecule has 0 atom stereocenters. The fourth-order valence-electron chi connectivity index (χ4n) is 3.13. The predicted molar refractivity (Wildman–Crippen MR) is 118 cm³/mol. The van der Waals surface area contributed by atoms with E-state index in [0.717, 1.165) is 17.4 Å². The summed E-state index contributed by atoms with van der Waals surface area (Å²) in [6.07, 6.45) is 4.61.